The highest BCUT2D eigenvalue weighted by atomic mass is 32.2. The molecular weight excluding hydrogens is 242 g/mol. The molecule has 1 rings (SSSR count). The van der Waals surface area contributed by atoms with Crippen LogP contribution < -0.4 is 14.8 Å². The van der Waals surface area contributed by atoms with E-state index in [2.05, 4.69) is 14.8 Å². The second-order valence-corrected chi connectivity index (χ2v) is 6.09. The third-order valence-corrected chi connectivity index (χ3v) is 4.28. The van der Waals surface area contributed by atoms with Crippen molar-refractivity contribution in [2.75, 3.05) is 39.9 Å². The minimum atomic E-state index is -3.36. The first-order valence-electron chi connectivity index (χ1n) is 5.97. The fourth-order valence-electron chi connectivity index (χ4n) is 2.12. The molecule has 0 aliphatic carbocycles. The molecule has 1 aliphatic heterocycles. The molecule has 1 heterocycles. The average molecular weight is 265 g/mol. The van der Waals surface area contributed by atoms with E-state index in [9.17, 15) is 8.42 Å². The molecule has 0 aromatic rings. The molecule has 0 aromatic carbocycles. The highest BCUT2D eigenvalue weighted by Gasteiger charge is 2.33. The summed E-state index contributed by atoms with van der Waals surface area (Å²) in [6.45, 7) is 4.99. The van der Waals surface area contributed by atoms with E-state index in [1.807, 2.05) is 0 Å². The van der Waals surface area contributed by atoms with Crippen LogP contribution in [-0.2, 0) is 14.9 Å². The van der Waals surface area contributed by atoms with Gasteiger partial charge in [-0.25, -0.2) is 9.44 Å². The van der Waals surface area contributed by atoms with Crippen LogP contribution in [0.3, 0.4) is 0 Å². The number of rotatable bonds is 7. The molecule has 7 heteroatoms. The van der Waals surface area contributed by atoms with E-state index in [1.54, 1.807) is 14.0 Å². The van der Waals surface area contributed by atoms with Gasteiger partial charge >= 0.3 is 0 Å². The van der Waals surface area contributed by atoms with E-state index in [-0.39, 0.29) is 5.41 Å². The lowest BCUT2D eigenvalue weighted by molar-refractivity contribution is 0.0576. The van der Waals surface area contributed by atoms with Gasteiger partial charge < -0.3 is 10.1 Å². The molecule has 1 saturated heterocycles. The third kappa shape index (κ3) is 4.89. The Hall–Kier alpha value is -0.210. The fourth-order valence-corrected chi connectivity index (χ4v) is 3.10. The van der Waals surface area contributed by atoms with Crippen LogP contribution in [0.5, 0.6) is 0 Å². The van der Waals surface area contributed by atoms with Gasteiger partial charge in [0.15, 0.2) is 0 Å². The molecule has 1 aliphatic rings. The highest BCUT2D eigenvalue weighted by molar-refractivity contribution is 7.87. The summed E-state index contributed by atoms with van der Waals surface area (Å²) in [5, 5.41) is 3.27. The number of methoxy groups -OCH3 is 1. The van der Waals surface area contributed by atoms with Crippen molar-refractivity contribution in [2.45, 2.75) is 19.8 Å². The van der Waals surface area contributed by atoms with E-state index in [0.717, 1.165) is 25.9 Å². The van der Waals surface area contributed by atoms with Gasteiger partial charge in [-0.15, -0.1) is 0 Å². The molecule has 0 unspecified atom stereocenters. The Kier molecular flexibility index (Phi) is 5.81. The molecule has 0 bridgehead atoms. The maximum Gasteiger partial charge on any atom is 0.276 e. The predicted octanol–water partition coefficient (Wildman–Crippen LogP) is -0.553. The summed E-state index contributed by atoms with van der Waals surface area (Å²) in [6, 6.07) is 0. The highest BCUT2D eigenvalue weighted by Crippen LogP contribution is 2.28. The first kappa shape index (κ1) is 14.8. The van der Waals surface area contributed by atoms with Crippen molar-refractivity contribution in [3.05, 3.63) is 0 Å². The third-order valence-electron chi connectivity index (χ3n) is 3.09. The van der Waals surface area contributed by atoms with Gasteiger partial charge in [0.25, 0.3) is 10.2 Å². The summed E-state index contributed by atoms with van der Waals surface area (Å²) in [5.74, 6) is 0. The Morgan fingerprint density at radius 2 is 1.94 bits per heavy atom. The second kappa shape index (κ2) is 6.65. The lowest BCUT2D eigenvalue weighted by atomic mass is 9.80. The van der Waals surface area contributed by atoms with Crippen molar-refractivity contribution in [3.8, 4) is 0 Å². The molecule has 0 amide bonds. The summed E-state index contributed by atoms with van der Waals surface area (Å²) in [7, 11) is -1.71. The maximum absolute atomic E-state index is 11.5. The summed E-state index contributed by atoms with van der Waals surface area (Å²) in [4.78, 5) is 0. The smallest absolute Gasteiger partial charge is 0.276 e. The van der Waals surface area contributed by atoms with Gasteiger partial charge in [-0.3, -0.25) is 0 Å². The van der Waals surface area contributed by atoms with Crippen LogP contribution in [0.25, 0.3) is 0 Å². The Morgan fingerprint density at radius 1 is 1.29 bits per heavy atom. The van der Waals surface area contributed by atoms with E-state index >= 15 is 0 Å². The van der Waals surface area contributed by atoms with Gasteiger partial charge in [-0.1, -0.05) is 6.92 Å². The number of piperidine rings is 1. The monoisotopic (exact) mass is 265 g/mol. The van der Waals surface area contributed by atoms with Crippen LogP contribution in [0.1, 0.15) is 19.8 Å². The van der Waals surface area contributed by atoms with Crippen molar-refractivity contribution in [1.82, 2.24) is 14.8 Å². The Morgan fingerprint density at radius 3 is 2.47 bits per heavy atom. The molecule has 0 saturated carbocycles. The topological polar surface area (TPSA) is 79.5 Å². The SMILES string of the molecule is CCNS(=O)(=O)NCC1(COC)CCNCC1. The summed E-state index contributed by atoms with van der Waals surface area (Å²) in [6.07, 6.45) is 1.85. The summed E-state index contributed by atoms with van der Waals surface area (Å²) >= 11 is 0. The molecule has 3 N–H and O–H groups in total. The lowest BCUT2D eigenvalue weighted by Gasteiger charge is -2.37. The predicted molar refractivity (Wildman–Crippen MR) is 67.0 cm³/mol. The van der Waals surface area contributed by atoms with Crippen LogP contribution in [0.4, 0.5) is 0 Å². The van der Waals surface area contributed by atoms with Crippen molar-refractivity contribution in [3.63, 3.8) is 0 Å². The standard InChI is InChI=1S/C10H23N3O3S/c1-3-12-17(14,15)13-8-10(9-16-2)4-6-11-7-5-10/h11-13H,3-9H2,1-2H3. The van der Waals surface area contributed by atoms with Crippen molar-refractivity contribution < 1.29 is 13.2 Å². The minimum absolute atomic E-state index is 0.0809. The van der Waals surface area contributed by atoms with Gasteiger partial charge in [0.1, 0.15) is 0 Å². The molecular formula is C10H23N3O3S. The second-order valence-electron chi connectivity index (χ2n) is 4.51. The van der Waals surface area contributed by atoms with Crippen molar-refractivity contribution >= 4 is 10.2 Å². The summed E-state index contributed by atoms with van der Waals surface area (Å²) < 4.78 is 33.3. The van der Waals surface area contributed by atoms with Gasteiger partial charge in [-0.2, -0.15) is 8.42 Å². The number of hydrogen-bond acceptors (Lipinski definition) is 4. The zero-order valence-electron chi connectivity index (χ0n) is 10.6. The van der Waals surface area contributed by atoms with Gasteiger partial charge in [0, 0.05) is 25.6 Å². The molecule has 0 aromatic heterocycles. The van der Waals surface area contributed by atoms with Crippen LogP contribution >= 0.6 is 0 Å². The summed E-state index contributed by atoms with van der Waals surface area (Å²) in [5.41, 5.74) is -0.0809. The lowest BCUT2D eigenvalue weighted by Crippen LogP contribution is -2.49. The van der Waals surface area contributed by atoms with Crippen LogP contribution in [-0.4, -0.2) is 48.3 Å². The van der Waals surface area contributed by atoms with Gasteiger partial charge in [0.2, 0.25) is 0 Å². The van der Waals surface area contributed by atoms with Crippen LogP contribution in [0.15, 0.2) is 0 Å². The zero-order valence-corrected chi connectivity index (χ0v) is 11.4. The van der Waals surface area contributed by atoms with E-state index in [4.69, 9.17) is 4.74 Å². The van der Waals surface area contributed by atoms with Gasteiger partial charge in [-0.05, 0) is 25.9 Å². The molecule has 0 radical (unpaired) electrons. The van der Waals surface area contributed by atoms with E-state index in [0.29, 0.717) is 19.7 Å². The average Bonchev–Trinajstić information content (AvgIpc) is 2.29. The normalized spacial score (nSPS) is 20.4. The maximum atomic E-state index is 11.5. The van der Waals surface area contributed by atoms with Gasteiger partial charge in [0.05, 0.1) is 6.61 Å². The van der Waals surface area contributed by atoms with Crippen molar-refractivity contribution in [2.24, 2.45) is 5.41 Å². The van der Waals surface area contributed by atoms with Crippen molar-refractivity contribution in [1.29, 1.82) is 0 Å². The largest absolute Gasteiger partial charge is 0.384 e. The minimum Gasteiger partial charge on any atom is -0.384 e. The van der Waals surface area contributed by atoms with E-state index in [1.165, 1.54) is 0 Å². The first-order chi connectivity index (χ1) is 8.04. The number of ether oxygens (including phenoxy) is 1. The van der Waals surface area contributed by atoms with E-state index < -0.39 is 10.2 Å². The quantitative estimate of drug-likeness (QED) is 0.577. The Bertz CT molecular complexity index is 307. The Balaban J connectivity index is 2.55. The Labute approximate surface area is 104 Å². The first-order valence-corrected chi connectivity index (χ1v) is 7.46. The number of hydrogen-bond donors (Lipinski definition) is 3. The van der Waals surface area contributed by atoms with Crippen LogP contribution in [0.2, 0.25) is 0 Å². The molecule has 102 valence electrons. The fraction of sp³-hybridized carbons (Fsp3) is 1.00. The molecule has 0 atom stereocenters. The zero-order chi connectivity index (χ0) is 12.8. The van der Waals surface area contributed by atoms with Crippen LogP contribution in [0, 0.1) is 5.41 Å². The molecule has 1 fully saturated rings. The number of nitrogens with one attached hydrogen (secondary N) is 3. The molecule has 0 spiro atoms. The molecule has 6 nitrogen and oxygen atoms in total. The molecule has 17 heavy (non-hydrogen) atoms.